The Bertz CT molecular complexity index is 582. The average molecular weight is 524 g/mol. The van der Waals surface area contributed by atoms with E-state index in [2.05, 4.69) is 12.2 Å². The second kappa shape index (κ2) is 19.1. The van der Waals surface area contributed by atoms with Crippen LogP contribution in [0.1, 0.15) is 103 Å². The molecule has 202 valence electrons. The van der Waals surface area contributed by atoms with Gasteiger partial charge in [0.1, 0.15) is 12.2 Å². The molecule has 0 saturated heterocycles. The molecule has 2 unspecified atom stereocenters. The molecule has 1 fully saturated rings. The highest BCUT2D eigenvalue weighted by atomic mass is 32.5. The quantitative estimate of drug-likeness (QED) is 0.143. The molecule has 0 spiro atoms. The SMILES string of the molecule is CCCCCCCCCCCCCCCC(=O)N[C@H]1C[C@H](COC)C(OP(O)(=S)OC)[C@@H]1OC. The molecule has 0 aromatic rings. The molecule has 2 N–H and O–H groups in total. The molecule has 7 nitrogen and oxygen atoms in total. The summed E-state index contributed by atoms with van der Waals surface area (Å²) < 4.78 is 21.6. The first-order valence-electron chi connectivity index (χ1n) is 13.3. The van der Waals surface area contributed by atoms with E-state index in [1.807, 2.05) is 0 Å². The molecule has 0 aromatic carbocycles. The van der Waals surface area contributed by atoms with E-state index in [0.717, 1.165) is 12.8 Å². The van der Waals surface area contributed by atoms with Crippen molar-refractivity contribution in [3.05, 3.63) is 0 Å². The lowest BCUT2D eigenvalue weighted by atomic mass is 10.0. The standard InChI is InChI=1S/C25H50NO6PS/c1-5-6-7-8-9-10-11-12-13-14-15-16-17-18-23(27)26-22-19-21(20-29-2)24(25(22)30-3)32-33(28,34)31-4/h21-22,24-25H,5-20H2,1-4H3,(H,26,27)(H,28,34)/t21-,22+,24?,25-,33?/m1/s1. The molecule has 0 radical (unpaired) electrons. The van der Waals surface area contributed by atoms with Gasteiger partial charge in [0, 0.05) is 33.7 Å². The summed E-state index contributed by atoms with van der Waals surface area (Å²) >= 11 is 5.03. The summed E-state index contributed by atoms with van der Waals surface area (Å²) in [5.41, 5.74) is 0. The number of hydrogen-bond acceptors (Lipinski definition) is 6. The summed E-state index contributed by atoms with van der Waals surface area (Å²) in [5.74, 6) is -0.0247. The van der Waals surface area contributed by atoms with Crippen molar-refractivity contribution in [3.63, 3.8) is 0 Å². The lowest BCUT2D eigenvalue weighted by Gasteiger charge is -2.28. The van der Waals surface area contributed by atoms with Gasteiger partial charge in [-0.1, -0.05) is 84.0 Å². The van der Waals surface area contributed by atoms with E-state index in [0.29, 0.717) is 19.4 Å². The second-order valence-corrected chi connectivity index (χ2v) is 12.4. The summed E-state index contributed by atoms with van der Waals surface area (Å²) in [7, 11) is 4.53. The summed E-state index contributed by atoms with van der Waals surface area (Å²) in [4.78, 5) is 22.7. The highest BCUT2D eigenvalue weighted by molar-refractivity contribution is 8.07. The molecule has 0 heterocycles. The van der Waals surface area contributed by atoms with Crippen molar-refractivity contribution < 1.29 is 28.2 Å². The second-order valence-electron chi connectivity index (χ2n) is 9.54. The first-order chi connectivity index (χ1) is 16.4. The highest BCUT2D eigenvalue weighted by Gasteiger charge is 2.47. The molecule has 9 heteroatoms. The maximum atomic E-state index is 12.5. The number of amides is 1. The Kier molecular flexibility index (Phi) is 17.9. The fourth-order valence-corrected chi connectivity index (χ4v) is 5.82. The Labute approximate surface area is 213 Å². The van der Waals surface area contributed by atoms with Crippen molar-refractivity contribution >= 4 is 24.4 Å². The van der Waals surface area contributed by atoms with Crippen LogP contribution in [-0.2, 0) is 35.1 Å². The lowest BCUT2D eigenvalue weighted by molar-refractivity contribution is -0.123. The summed E-state index contributed by atoms with van der Waals surface area (Å²) in [6.45, 7) is -0.667. The van der Waals surface area contributed by atoms with Crippen LogP contribution in [-0.4, -0.2) is 57.0 Å². The number of unbranched alkanes of at least 4 members (excludes halogenated alkanes) is 12. The van der Waals surface area contributed by atoms with Gasteiger partial charge in [0.15, 0.2) is 0 Å². The van der Waals surface area contributed by atoms with Crippen LogP contribution in [0.4, 0.5) is 0 Å². The number of carbonyl (C=O) groups is 1. The monoisotopic (exact) mass is 523 g/mol. The van der Waals surface area contributed by atoms with Gasteiger partial charge < -0.3 is 28.7 Å². The third kappa shape index (κ3) is 13.3. The Morgan fingerprint density at radius 1 is 0.912 bits per heavy atom. The van der Waals surface area contributed by atoms with E-state index in [1.165, 1.54) is 77.7 Å². The molecule has 1 saturated carbocycles. The smallest absolute Gasteiger partial charge is 0.324 e. The van der Waals surface area contributed by atoms with Crippen LogP contribution in [0.15, 0.2) is 0 Å². The van der Waals surface area contributed by atoms with Crippen molar-refractivity contribution in [1.29, 1.82) is 0 Å². The highest BCUT2D eigenvalue weighted by Crippen LogP contribution is 2.48. The van der Waals surface area contributed by atoms with E-state index in [-0.39, 0.29) is 17.9 Å². The van der Waals surface area contributed by atoms with Crippen LogP contribution in [0, 0.1) is 5.92 Å². The molecule has 1 aliphatic rings. The Morgan fingerprint density at radius 2 is 1.44 bits per heavy atom. The van der Waals surface area contributed by atoms with Crippen LogP contribution >= 0.6 is 6.72 Å². The molecule has 0 aromatic heterocycles. The van der Waals surface area contributed by atoms with Gasteiger partial charge in [-0.05, 0) is 24.6 Å². The van der Waals surface area contributed by atoms with Gasteiger partial charge in [-0.15, -0.1) is 0 Å². The van der Waals surface area contributed by atoms with Crippen LogP contribution in [0.2, 0.25) is 0 Å². The van der Waals surface area contributed by atoms with Crippen molar-refractivity contribution in [2.24, 2.45) is 5.92 Å². The predicted molar refractivity (Wildman–Crippen MR) is 141 cm³/mol. The first kappa shape index (κ1) is 31.9. The zero-order valence-electron chi connectivity index (χ0n) is 22.0. The van der Waals surface area contributed by atoms with Crippen molar-refractivity contribution in [2.75, 3.05) is 27.9 Å². The van der Waals surface area contributed by atoms with Crippen molar-refractivity contribution in [3.8, 4) is 0 Å². The van der Waals surface area contributed by atoms with Gasteiger partial charge in [-0.3, -0.25) is 4.79 Å². The number of rotatable bonds is 21. The fourth-order valence-electron chi connectivity index (χ4n) is 4.83. The Morgan fingerprint density at radius 3 is 1.91 bits per heavy atom. The largest absolute Gasteiger partial charge is 0.384 e. The summed E-state index contributed by atoms with van der Waals surface area (Å²) in [6, 6.07) is -0.212. The normalized spacial score (nSPS) is 24.3. The number of ether oxygens (including phenoxy) is 2. The van der Waals surface area contributed by atoms with Crippen molar-refractivity contribution in [2.45, 2.75) is 121 Å². The zero-order valence-corrected chi connectivity index (χ0v) is 23.7. The van der Waals surface area contributed by atoms with Gasteiger partial charge >= 0.3 is 6.72 Å². The van der Waals surface area contributed by atoms with E-state index in [9.17, 15) is 9.69 Å². The molecule has 34 heavy (non-hydrogen) atoms. The Balaban J connectivity index is 2.23. The average Bonchev–Trinajstić information content (AvgIpc) is 3.11. The molecular weight excluding hydrogens is 473 g/mol. The Hall–Kier alpha value is -0.0800. The topological polar surface area (TPSA) is 86.3 Å². The van der Waals surface area contributed by atoms with Gasteiger partial charge in [0.2, 0.25) is 5.91 Å². The van der Waals surface area contributed by atoms with Gasteiger partial charge in [-0.2, -0.15) is 0 Å². The minimum atomic E-state index is -3.35. The molecule has 1 aliphatic carbocycles. The van der Waals surface area contributed by atoms with E-state index in [4.69, 9.17) is 30.3 Å². The van der Waals surface area contributed by atoms with Gasteiger partial charge in [0.25, 0.3) is 0 Å². The van der Waals surface area contributed by atoms with E-state index in [1.54, 1.807) is 14.2 Å². The molecule has 5 atom stereocenters. The zero-order chi connectivity index (χ0) is 25.2. The fraction of sp³-hybridized carbons (Fsp3) is 0.960. The minimum absolute atomic E-state index is 0.0297. The molecular formula is C25H50NO6PS. The lowest BCUT2D eigenvalue weighted by Crippen LogP contribution is -2.44. The summed E-state index contributed by atoms with van der Waals surface area (Å²) in [5, 5.41) is 3.10. The molecule has 0 aliphatic heterocycles. The number of methoxy groups -OCH3 is 2. The third-order valence-electron chi connectivity index (χ3n) is 6.73. The van der Waals surface area contributed by atoms with Crippen LogP contribution < -0.4 is 5.32 Å². The third-order valence-corrected chi connectivity index (χ3v) is 8.41. The molecule has 1 amide bonds. The number of hydrogen-bond donors (Lipinski definition) is 2. The van der Waals surface area contributed by atoms with E-state index < -0.39 is 18.9 Å². The van der Waals surface area contributed by atoms with E-state index >= 15 is 0 Å². The van der Waals surface area contributed by atoms with Gasteiger partial charge in [-0.25, -0.2) is 0 Å². The predicted octanol–water partition coefficient (Wildman–Crippen LogP) is 5.88. The summed E-state index contributed by atoms with van der Waals surface area (Å²) in [6.07, 6.45) is 16.9. The van der Waals surface area contributed by atoms with Gasteiger partial charge in [0.05, 0.1) is 12.6 Å². The molecule has 0 bridgehead atoms. The maximum Gasteiger partial charge on any atom is 0.324 e. The van der Waals surface area contributed by atoms with Crippen LogP contribution in [0.3, 0.4) is 0 Å². The van der Waals surface area contributed by atoms with Crippen LogP contribution in [0.5, 0.6) is 0 Å². The number of nitrogens with one attached hydrogen (secondary N) is 1. The maximum absolute atomic E-state index is 12.5. The first-order valence-corrected chi connectivity index (χ1v) is 15.9. The molecule has 1 rings (SSSR count). The van der Waals surface area contributed by atoms with Crippen molar-refractivity contribution in [1.82, 2.24) is 5.32 Å². The minimum Gasteiger partial charge on any atom is -0.384 e. The van der Waals surface area contributed by atoms with Crippen LogP contribution in [0.25, 0.3) is 0 Å². The number of carbonyl (C=O) groups excluding carboxylic acids is 1.